The number of nitrogens with zero attached hydrogens (tertiary/aromatic N) is 1. The summed E-state index contributed by atoms with van der Waals surface area (Å²) in [6, 6.07) is 4.61. The largest absolute Gasteiger partial charge is 0.397 e. The fourth-order valence-corrected chi connectivity index (χ4v) is 4.82. The van der Waals surface area contributed by atoms with E-state index in [4.69, 9.17) is 5.73 Å². The number of aromatic nitrogens is 1. The van der Waals surface area contributed by atoms with Crippen LogP contribution in [-0.2, 0) is 0 Å². The summed E-state index contributed by atoms with van der Waals surface area (Å²) in [5, 5.41) is 3.68. The van der Waals surface area contributed by atoms with Crippen LogP contribution in [0.4, 0.5) is 11.5 Å². The molecule has 4 aliphatic rings. The molecule has 4 aliphatic carbocycles. The maximum Gasteiger partial charge on any atom is 0.126 e. The van der Waals surface area contributed by atoms with Gasteiger partial charge in [-0.2, -0.15) is 0 Å². The summed E-state index contributed by atoms with van der Waals surface area (Å²) in [5.41, 5.74) is 6.43. The van der Waals surface area contributed by atoms with Crippen molar-refractivity contribution in [3.63, 3.8) is 0 Å². The summed E-state index contributed by atoms with van der Waals surface area (Å²) in [6.07, 6.45) is 9.04. The molecule has 1 aromatic rings. The van der Waals surface area contributed by atoms with Crippen LogP contribution in [0.1, 0.15) is 32.1 Å². The quantitative estimate of drug-likeness (QED) is 0.839. The van der Waals surface area contributed by atoms with Crippen molar-refractivity contribution in [3.8, 4) is 0 Å². The van der Waals surface area contributed by atoms with Crippen LogP contribution >= 0.6 is 0 Å². The first kappa shape index (κ1) is 10.7. The number of nitrogens with two attached hydrogens (primary N) is 1. The normalized spacial score (nSPS) is 41.0. The maximum atomic E-state index is 5.69. The monoisotopic (exact) mass is 243 g/mol. The molecule has 0 atom stereocenters. The van der Waals surface area contributed by atoms with Gasteiger partial charge in [-0.3, -0.25) is 0 Å². The third-order valence-electron chi connectivity index (χ3n) is 5.33. The highest BCUT2D eigenvalue weighted by molar-refractivity contribution is 5.44. The average Bonchev–Trinajstić information content (AvgIpc) is 2.35. The van der Waals surface area contributed by atoms with Gasteiger partial charge in [-0.15, -0.1) is 0 Å². The molecule has 0 aliphatic heterocycles. The second kappa shape index (κ2) is 3.87. The lowest BCUT2D eigenvalue weighted by atomic mass is 9.54. The highest BCUT2D eigenvalue weighted by atomic mass is 15.0. The SMILES string of the molecule is Nc1ccc(NC2C3CC4CC(C3)CC2C4)nc1. The summed E-state index contributed by atoms with van der Waals surface area (Å²) < 4.78 is 0. The molecule has 3 nitrogen and oxygen atoms in total. The Bertz CT molecular complexity index is 412. The molecular formula is C15H21N3. The Labute approximate surface area is 108 Å². The van der Waals surface area contributed by atoms with Gasteiger partial charge < -0.3 is 11.1 Å². The van der Waals surface area contributed by atoms with Crippen LogP contribution in [-0.4, -0.2) is 11.0 Å². The third kappa shape index (κ3) is 1.68. The van der Waals surface area contributed by atoms with E-state index in [0.29, 0.717) is 6.04 Å². The summed E-state index contributed by atoms with van der Waals surface area (Å²) in [6.45, 7) is 0. The van der Waals surface area contributed by atoms with Crippen molar-refractivity contribution in [2.45, 2.75) is 38.1 Å². The maximum absolute atomic E-state index is 5.69. The van der Waals surface area contributed by atoms with Crippen LogP contribution < -0.4 is 11.1 Å². The lowest BCUT2D eigenvalue weighted by Gasteiger charge is -2.54. The average molecular weight is 243 g/mol. The van der Waals surface area contributed by atoms with Crippen molar-refractivity contribution < 1.29 is 0 Å². The first-order chi connectivity index (χ1) is 8.78. The molecule has 4 fully saturated rings. The summed E-state index contributed by atoms with van der Waals surface area (Å²) >= 11 is 0. The molecule has 0 aromatic carbocycles. The molecule has 0 saturated heterocycles. The summed E-state index contributed by atoms with van der Waals surface area (Å²) in [7, 11) is 0. The van der Waals surface area contributed by atoms with Crippen LogP contribution in [0.3, 0.4) is 0 Å². The first-order valence-electron chi connectivity index (χ1n) is 7.26. The highest BCUT2D eigenvalue weighted by Gasteiger charge is 2.48. The van der Waals surface area contributed by atoms with Crippen LogP contribution in [0.25, 0.3) is 0 Å². The van der Waals surface area contributed by atoms with Crippen LogP contribution in [0, 0.1) is 23.7 Å². The standard InChI is InChI=1S/C15H21N3/c16-13-1-2-14(17-8-13)18-15-11-4-9-3-10(6-11)7-12(15)5-9/h1-2,8-12,15H,3-7,16H2,(H,17,18). The van der Waals surface area contributed by atoms with Gasteiger partial charge in [-0.05, 0) is 67.9 Å². The molecule has 0 spiro atoms. The minimum atomic E-state index is 0.661. The molecule has 3 N–H and O–H groups in total. The number of hydrogen-bond acceptors (Lipinski definition) is 3. The molecule has 1 heterocycles. The van der Waals surface area contributed by atoms with Gasteiger partial charge in [0, 0.05) is 6.04 Å². The van der Waals surface area contributed by atoms with Crippen molar-refractivity contribution in [1.29, 1.82) is 0 Å². The van der Waals surface area contributed by atoms with Gasteiger partial charge in [0.15, 0.2) is 0 Å². The number of nitrogen functional groups attached to an aromatic ring is 1. The van der Waals surface area contributed by atoms with Crippen molar-refractivity contribution in [2.24, 2.45) is 23.7 Å². The Morgan fingerprint density at radius 1 is 1.00 bits per heavy atom. The van der Waals surface area contributed by atoms with E-state index in [0.717, 1.165) is 35.2 Å². The molecule has 3 heteroatoms. The zero-order valence-electron chi connectivity index (χ0n) is 10.7. The van der Waals surface area contributed by atoms with Crippen molar-refractivity contribution in [2.75, 3.05) is 11.1 Å². The minimum Gasteiger partial charge on any atom is -0.397 e. The second-order valence-electron chi connectivity index (χ2n) is 6.58. The van der Waals surface area contributed by atoms with E-state index in [1.807, 2.05) is 12.1 Å². The van der Waals surface area contributed by atoms with E-state index >= 15 is 0 Å². The van der Waals surface area contributed by atoms with Gasteiger partial charge in [0.05, 0.1) is 11.9 Å². The number of hydrogen-bond donors (Lipinski definition) is 2. The van der Waals surface area contributed by atoms with Gasteiger partial charge in [0.2, 0.25) is 0 Å². The first-order valence-corrected chi connectivity index (χ1v) is 7.26. The molecule has 0 unspecified atom stereocenters. The Hall–Kier alpha value is -1.25. The van der Waals surface area contributed by atoms with Crippen LogP contribution in [0.5, 0.6) is 0 Å². The van der Waals surface area contributed by atoms with Gasteiger partial charge in [0.25, 0.3) is 0 Å². The fraction of sp³-hybridized carbons (Fsp3) is 0.667. The van der Waals surface area contributed by atoms with Gasteiger partial charge in [-0.25, -0.2) is 4.98 Å². The summed E-state index contributed by atoms with van der Waals surface area (Å²) in [5.74, 6) is 4.85. The second-order valence-corrected chi connectivity index (χ2v) is 6.58. The zero-order valence-corrected chi connectivity index (χ0v) is 10.7. The van der Waals surface area contributed by atoms with Gasteiger partial charge >= 0.3 is 0 Å². The van der Waals surface area contributed by atoms with Crippen LogP contribution in [0.15, 0.2) is 18.3 Å². The lowest BCUT2D eigenvalue weighted by molar-refractivity contribution is 0.00742. The minimum absolute atomic E-state index is 0.661. The fourth-order valence-electron chi connectivity index (χ4n) is 4.82. The number of nitrogens with one attached hydrogen (secondary N) is 1. The van der Waals surface area contributed by atoms with E-state index in [2.05, 4.69) is 10.3 Å². The highest BCUT2D eigenvalue weighted by Crippen LogP contribution is 2.54. The predicted molar refractivity (Wildman–Crippen MR) is 73.1 cm³/mol. The lowest BCUT2D eigenvalue weighted by Crippen LogP contribution is -2.51. The number of anilines is 2. The Morgan fingerprint density at radius 3 is 2.22 bits per heavy atom. The predicted octanol–water partition coefficient (Wildman–Crippen LogP) is 2.90. The number of rotatable bonds is 2. The third-order valence-corrected chi connectivity index (χ3v) is 5.33. The van der Waals surface area contributed by atoms with Crippen LogP contribution in [0.2, 0.25) is 0 Å². The van der Waals surface area contributed by atoms with E-state index in [-0.39, 0.29) is 0 Å². The van der Waals surface area contributed by atoms with Crippen molar-refractivity contribution in [3.05, 3.63) is 18.3 Å². The van der Waals surface area contributed by atoms with E-state index in [9.17, 15) is 0 Å². The molecule has 18 heavy (non-hydrogen) atoms. The molecule has 0 radical (unpaired) electrons. The van der Waals surface area contributed by atoms with E-state index in [1.165, 1.54) is 32.1 Å². The van der Waals surface area contributed by atoms with Crippen molar-refractivity contribution in [1.82, 2.24) is 4.98 Å². The van der Waals surface area contributed by atoms with Gasteiger partial charge in [-0.1, -0.05) is 0 Å². The Morgan fingerprint density at radius 2 is 1.67 bits per heavy atom. The zero-order chi connectivity index (χ0) is 12.1. The molecule has 4 bridgehead atoms. The van der Waals surface area contributed by atoms with Crippen molar-refractivity contribution >= 4 is 11.5 Å². The number of pyridine rings is 1. The molecule has 0 amide bonds. The molecule has 96 valence electrons. The molecule has 4 saturated carbocycles. The Balaban J connectivity index is 1.53. The molecular weight excluding hydrogens is 222 g/mol. The van der Waals surface area contributed by atoms with Gasteiger partial charge in [0.1, 0.15) is 5.82 Å². The summed E-state index contributed by atoms with van der Waals surface area (Å²) in [4.78, 5) is 4.39. The Kier molecular flexibility index (Phi) is 2.29. The van der Waals surface area contributed by atoms with E-state index in [1.54, 1.807) is 6.20 Å². The smallest absolute Gasteiger partial charge is 0.126 e. The molecule has 5 rings (SSSR count). The van der Waals surface area contributed by atoms with E-state index < -0.39 is 0 Å². The topological polar surface area (TPSA) is 50.9 Å². The molecule has 1 aromatic heterocycles.